The maximum absolute atomic E-state index is 5.39. The highest BCUT2D eigenvalue weighted by molar-refractivity contribution is 5.50. The van der Waals surface area contributed by atoms with Gasteiger partial charge in [-0.15, -0.1) is 0 Å². The lowest BCUT2D eigenvalue weighted by molar-refractivity contribution is 0.365. The van der Waals surface area contributed by atoms with E-state index >= 15 is 0 Å². The summed E-state index contributed by atoms with van der Waals surface area (Å²) in [6.45, 7) is 6.03. The Balaban J connectivity index is 2.92. The van der Waals surface area contributed by atoms with E-state index in [4.69, 9.17) is 14.2 Å². The highest BCUT2D eigenvalue weighted by Crippen LogP contribution is 2.33. The molecule has 0 aromatic heterocycles. The molecule has 1 rings (SSSR count). The molecule has 0 saturated heterocycles. The summed E-state index contributed by atoms with van der Waals surface area (Å²) in [5.41, 5.74) is 1.02. The average molecular weight is 253 g/mol. The van der Waals surface area contributed by atoms with E-state index in [-0.39, 0.29) is 0 Å². The van der Waals surface area contributed by atoms with Crippen molar-refractivity contribution in [1.29, 1.82) is 0 Å². The van der Waals surface area contributed by atoms with Crippen molar-refractivity contribution < 1.29 is 14.2 Å². The molecule has 0 spiro atoms. The molecule has 0 amide bonds. The molecule has 0 radical (unpaired) electrons. The summed E-state index contributed by atoms with van der Waals surface area (Å²) in [6.07, 6.45) is 0. The lowest BCUT2D eigenvalue weighted by Crippen LogP contribution is -2.19. The maximum Gasteiger partial charge on any atom is 0.130 e. The minimum atomic E-state index is 0.611. The Morgan fingerprint density at radius 1 is 1.00 bits per heavy atom. The summed E-state index contributed by atoms with van der Waals surface area (Å²) in [6, 6.07) is 3.74. The van der Waals surface area contributed by atoms with Crippen molar-refractivity contribution >= 4 is 0 Å². The van der Waals surface area contributed by atoms with Gasteiger partial charge in [0.15, 0.2) is 0 Å². The molecule has 0 atom stereocenters. The van der Waals surface area contributed by atoms with Gasteiger partial charge in [0.05, 0.1) is 26.9 Å². The lowest BCUT2D eigenvalue weighted by atomic mass is 10.1. The van der Waals surface area contributed by atoms with E-state index in [1.165, 1.54) is 0 Å². The molecule has 0 unspecified atom stereocenters. The van der Waals surface area contributed by atoms with Crippen LogP contribution in [-0.2, 0) is 6.54 Å². The van der Waals surface area contributed by atoms with Crippen LogP contribution in [0.5, 0.6) is 17.2 Å². The van der Waals surface area contributed by atoms with Gasteiger partial charge in [-0.25, -0.2) is 0 Å². The molecule has 0 fully saturated rings. The Hall–Kier alpha value is -1.42. The fourth-order valence-electron chi connectivity index (χ4n) is 1.74. The third-order valence-corrected chi connectivity index (χ3v) is 2.67. The molecule has 0 aliphatic heterocycles. The predicted octanol–water partition coefficient (Wildman–Crippen LogP) is 2.46. The maximum atomic E-state index is 5.39. The third kappa shape index (κ3) is 3.81. The normalized spacial score (nSPS) is 10.6. The molecule has 1 aromatic carbocycles. The van der Waals surface area contributed by atoms with E-state index in [1.54, 1.807) is 21.3 Å². The molecular weight excluding hydrogens is 230 g/mol. The molecule has 4 heteroatoms. The van der Waals surface area contributed by atoms with Gasteiger partial charge in [0, 0.05) is 18.7 Å². The SMILES string of the molecule is COc1cc(OC)c(CNCC(C)C)c(OC)c1. The zero-order chi connectivity index (χ0) is 13.5. The van der Waals surface area contributed by atoms with Crippen LogP contribution in [0.1, 0.15) is 19.4 Å². The molecule has 18 heavy (non-hydrogen) atoms. The van der Waals surface area contributed by atoms with Gasteiger partial charge >= 0.3 is 0 Å². The fraction of sp³-hybridized carbons (Fsp3) is 0.571. The second-order valence-electron chi connectivity index (χ2n) is 4.54. The van der Waals surface area contributed by atoms with Gasteiger partial charge in [0.1, 0.15) is 17.2 Å². The summed E-state index contributed by atoms with van der Waals surface area (Å²) in [5, 5.41) is 3.39. The second kappa shape index (κ2) is 7.11. The van der Waals surface area contributed by atoms with Gasteiger partial charge in [-0.1, -0.05) is 13.8 Å². The Morgan fingerprint density at radius 2 is 1.56 bits per heavy atom. The van der Waals surface area contributed by atoms with Crippen LogP contribution in [0.15, 0.2) is 12.1 Å². The minimum Gasteiger partial charge on any atom is -0.496 e. The van der Waals surface area contributed by atoms with Crippen LogP contribution in [0.4, 0.5) is 0 Å². The minimum absolute atomic E-state index is 0.611. The first-order valence-corrected chi connectivity index (χ1v) is 6.12. The van der Waals surface area contributed by atoms with Gasteiger partial charge in [-0.05, 0) is 12.5 Å². The van der Waals surface area contributed by atoms with E-state index < -0.39 is 0 Å². The number of ether oxygens (including phenoxy) is 3. The molecule has 0 heterocycles. The number of methoxy groups -OCH3 is 3. The smallest absolute Gasteiger partial charge is 0.130 e. The second-order valence-corrected chi connectivity index (χ2v) is 4.54. The molecule has 0 aliphatic carbocycles. The predicted molar refractivity (Wildman–Crippen MR) is 72.6 cm³/mol. The molecule has 4 nitrogen and oxygen atoms in total. The molecule has 1 aromatic rings. The monoisotopic (exact) mass is 253 g/mol. The zero-order valence-corrected chi connectivity index (χ0v) is 11.9. The Kier molecular flexibility index (Phi) is 5.78. The summed E-state index contributed by atoms with van der Waals surface area (Å²) < 4.78 is 16.0. The van der Waals surface area contributed by atoms with Crippen LogP contribution in [0.3, 0.4) is 0 Å². The number of rotatable bonds is 7. The highest BCUT2D eigenvalue weighted by atomic mass is 16.5. The van der Waals surface area contributed by atoms with Gasteiger partial charge in [0.25, 0.3) is 0 Å². The topological polar surface area (TPSA) is 39.7 Å². The molecule has 0 bridgehead atoms. The Bertz CT molecular complexity index is 352. The molecule has 102 valence electrons. The van der Waals surface area contributed by atoms with E-state index in [0.717, 1.165) is 29.4 Å². The lowest BCUT2D eigenvalue weighted by Gasteiger charge is -2.16. The first-order chi connectivity index (χ1) is 8.62. The average Bonchev–Trinajstić information content (AvgIpc) is 2.37. The van der Waals surface area contributed by atoms with Gasteiger partial charge in [-0.3, -0.25) is 0 Å². The summed E-state index contributed by atoms with van der Waals surface area (Å²) in [5.74, 6) is 2.90. The van der Waals surface area contributed by atoms with Crippen molar-refractivity contribution in [2.24, 2.45) is 5.92 Å². The molecule has 0 aliphatic rings. The first-order valence-electron chi connectivity index (χ1n) is 6.12. The number of benzene rings is 1. The van der Waals surface area contributed by atoms with E-state index in [9.17, 15) is 0 Å². The summed E-state index contributed by atoms with van der Waals surface area (Å²) in [4.78, 5) is 0. The van der Waals surface area contributed by atoms with Crippen LogP contribution in [-0.4, -0.2) is 27.9 Å². The number of hydrogen-bond acceptors (Lipinski definition) is 4. The number of nitrogens with one attached hydrogen (secondary N) is 1. The fourth-order valence-corrected chi connectivity index (χ4v) is 1.74. The molecular formula is C14H23NO3. The standard InChI is InChI=1S/C14H23NO3/c1-10(2)8-15-9-12-13(17-4)6-11(16-3)7-14(12)18-5/h6-7,10,15H,8-9H2,1-5H3. The zero-order valence-electron chi connectivity index (χ0n) is 11.9. The Labute approximate surface area is 109 Å². The van der Waals surface area contributed by atoms with Crippen molar-refractivity contribution in [3.8, 4) is 17.2 Å². The van der Waals surface area contributed by atoms with E-state index in [0.29, 0.717) is 12.5 Å². The summed E-state index contributed by atoms with van der Waals surface area (Å²) in [7, 11) is 4.94. The first kappa shape index (κ1) is 14.6. The van der Waals surface area contributed by atoms with Crippen LogP contribution >= 0.6 is 0 Å². The van der Waals surface area contributed by atoms with Crippen molar-refractivity contribution in [3.63, 3.8) is 0 Å². The van der Waals surface area contributed by atoms with Crippen LogP contribution < -0.4 is 19.5 Å². The molecule has 0 saturated carbocycles. The van der Waals surface area contributed by atoms with Crippen molar-refractivity contribution in [2.75, 3.05) is 27.9 Å². The number of hydrogen-bond donors (Lipinski definition) is 1. The van der Waals surface area contributed by atoms with Crippen LogP contribution in [0.2, 0.25) is 0 Å². The third-order valence-electron chi connectivity index (χ3n) is 2.67. The van der Waals surface area contributed by atoms with Crippen LogP contribution in [0, 0.1) is 5.92 Å². The van der Waals surface area contributed by atoms with Crippen molar-refractivity contribution in [2.45, 2.75) is 20.4 Å². The Morgan fingerprint density at radius 3 is 1.94 bits per heavy atom. The van der Waals surface area contributed by atoms with Crippen molar-refractivity contribution in [1.82, 2.24) is 5.32 Å². The summed E-state index contributed by atoms with van der Waals surface area (Å²) >= 11 is 0. The van der Waals surface area contributed by atoms with E-state index in [1.807, 2.05) is 12.1 Å². The van der Waals surface area contributed by atoms with E-state index in [2.05, 4.69) is 19.2 Å². The van der Waals surface area contributed by atoms with Gasteiger partial charge < -0.3 is 19.5 Å². The van der Waals surface area contributed by atoms with Crippen molar-refractivity contribution in [3.05, 3.63) is 17.7 Å². The van der Waals surface area contributed by atoms with Gasteiger partial charge in [0.2, 0.25) is 0 Å². The highest BCUT2D eigenvalue weighted by Gasteiger charge is 2.12. The van der Waals surface area contributed by atoms with Crippen LogP contribution in [0.25, 0.3) is 0 Å². The van der Waals surface area contributed by atoms with Gasteiger partial charge in [-0.2, -0.15) is 0 Å². The molecule has 1 N–H and O–H groups in total. The quantitative estimate of drug-likeness (QED) is 0.810. The largest absolute Gasteiger partial charge is 0.496 e.